The van der Waals surface area contributed by atoms with Crippen molar-refractivity contribution in [2.24, 2.45) is 0 Å². The van der Waals surface area contributed by atoms with Crippen molar-refractivity contribution < 1.29 is 23.8 Å². The molecule has 2 aromatic carbocycles. The molecule has 0 fully saturated rings. The van der Waals surface area contributed by atoms with Gasteiger partial charge >= 0.3 is 11.8 Å². The number of hydrogen-bond acceptors (Lipinski definition) is 5. The Morgan fingerprint density at radius 2 is 1.86 bits per heavy atom. The number of halogens is 1. The topological polar surface area (TPSA) is 85.9 Å². The number of rotatable bonds is 6. The predicted octanol–water partition coefficient (Wildman–Crippen LogP) is 2.36. The molecule has 28 heavy (non-hydrogen) atoms. The Hall–Kier alpha value is -2.77. The van der Waals surface area contributed by atoms with Crippen molar-refractivity contribution in [2.75, 3.05) is 20.4 Å². The number of nitrogens with one attached hydrogen (secondary N) is 2. The highest BCUT2D eigenvalue weighted by molar-refractivity contribution is 6.35. The summed E-state index contributed by atoms with van der Waals surface area (Å²) in [5.41, 5.74) is 0.771. The molecular formula is C20H21ClN2O5. The first-order chi connectivity index (χ1) is 13.4. The van der Waals surface area contributed by atoms with E-state index in [9.17, 15) is 9.59 Å². The molecule has 1 heterocycles. The largest absolute Gasteiger partial charge is 0.454 e. The van der Waals surface area contributed by atoms with Crippen molar-refractivity contribution in [1.82, 2.24) is 10.6 Å². The van der Waals surface area contributed by atoms with E-state index >= 15 is 0 Å². The van der Waals surface area contributed by atoms with Gasteiger partial charge in [-0.3, -0.25) is 9.59 Å². The Labute approximate surface area is 167 Å². The smallest absolute Gasteiger partial charge is 0.309 e. The zero-order valence-corrected chi connectivity index (χ0v) is 16.3. The molecule has 1 aliphatic rings. The van der Waals surface area contributed by atoms with Crippen LogP contribution in [0, 0.1) is 0 Å². The van der Waals surface area contributed by atoms with Crippen molar-refractivity contribution in [1.29, 1.82) is 0 Å². The summed E-state index contributed by atoms with van der Waals surface area (Å²) in [5, 5.41) is 5.75. The van der Waals surface area contributed by atoms with E-state index in [2.05, 4.69) is 10.6 Å². The van der Waals surface area contributed by atoms with Crippen LogP contribution in [-0.4, -0.2) is 32.3 Å². The number of methoxy groups -OCH3 is 1. The first-order valence-corrected chi connectivity index (χ1v) is 9.05. The lowest BCUT2D eigenvalue weighted by molar-refractivity contribution is -0.140. The average Bonchev–Trinajstić information content (AvgIpc) is 3.17. The third-order valence-corrected chi connectivity index (χ3v) is 4.80. The molecule has 2 amide bonds. The summed E-state index contributed by atoms with van der Waals surface area (Å²) in [6.45, 7) is 2.29. The molecule has 148 valence electrons. The number of ether oxygens (including phenoxy) is 3. The Kier molecular flexibility index (Phi) is 6.06. The summed E-state index contributed by atoms with van der Waals surface area (Å²) in [7, 11) is 1.53. The van der Waals surface area contributed by atoms with Gasteiger partial charge in [0.05, 0.1) is 6.54 Å². The van der Waals surface area contributed by atoms with Crippen LogP contribution in [0.4, 0.5) is 0 Å². The fraction of sp³-hybridized carbons (Fsp3) is 0.300. The van der Waals surface area contributed by atoms with Crippen LogP contribution >= 0.6 is 11.6 Å². The molecule has 7 nitrogen and oxygen atoms in total. The van der Waals surface area contributed by atoms with E-state index in [0.717, 1.165) is 11.1 Å². The number of hydrogen-bond donors (Lipinski definition) is 2. The first kappa shape index (κ1) is 20.0. The third kappa shape index (κ3) is 4.55. The molecule has 0 spiro atoms. The third-order valence-electron chi connectivity index (χ3n) is 4.57. The highest BCUT2D eigenvalue weighted by Gasteiger charge is 2.28. The fourth-order valence-corrected chi connectivity index (χ4v) is 2.94. The maximum atomic E-state index is 12.2. The van der Waals surface area contributed by atoms with Crippen LogP contribution in [0.15, 0.2) is 42.5 Å². The van der Waals surface area contributed by atoms with Gasteiger partial charge in [0, 0.05) is 18.7 Å². The second kappa shape index (κ2) is 8.50. The molecule has 0 aromatic heterocycles. The molecule has 1 unspecified atom stereocenters. The first-order valence-electron chi connectivity index (χ1n) is 8.67. The quantitative estimate of drug-likeness (QED) is 0.722. The number of amides is 2. The van der Waals surface area contributed by atoms with Crippen LogP contribution in [0.3, 0.4) is 0 Å². The minimum absolute atomic E-state index is 0.111. The van der Waals surface area contributed by atoms with Crippen molar-refractivity contribution in [3.05, 3.63) is 58.6 Å². The fourth-order valence-electron chi connectivity index (χ4n) is 2.75. The molecular weight excluding hydrogens is 384 g/mol. The number of carbonyl (C=O) groups excluding carboxylic acids is 2. The van der Waals surface area contributed by atoms with Crippen LogP contribution in [-0.2, 0) is 26.5 Å². The Morgan fingerprint density at radius 1 is 1.11 bits per heavy atom. The molecule has 2 aromatic rings. The number of carbonyl (C=O) groups is 2. The molecule has 3 rings (SSSR count). The lowest BCUT2D eigenvalue weighted by atomic mass is 9.95. The molecule has 8 heteroatoms. The van der Waals surface area contributed by atoms with E-state index in [1.54, 1.807) is 36.4 Å². The summed E-state index contributed by atoms with van der Waals surface area (Å²) in [6.07, 6.45) is 0. The van der Waals surface area contributed by atoms with Gasteiger partial charge in [-0.2, -0.15) is 0 Å². The van der Waals surface area contributed by atoms with Gasteiger partial charge in [-0.25, -0.2) is 0 Å². The van der Waals surface area contributed by atoms with E-state index < -0.39 is 17.4 Å². The maximum absolute atomic E-state index is 12.2. The highest BCUT2D eigenvalue weighted by atomic mass is 35.5. The molecule has 1 aliphatic heterocycles. The summed E-state index contributed by atoms with van der Waals surface area (Å²) in [5.74, 6) is -0.200. The van der Waals surface area contributed by atoms with Gasteiger partial charge in [0.25, 0.3) is 0 Å². The second-order valence-corrected chi connectivity index (χ2v) is 6.93. The van der Waals surface area contributed by atoms with Crippen LogP contribution in [0.5, 0.6) is 11.5 Å². The lowest BCUT2D eigenvalue weighted by Crippen LogP contribution is -2.45. The summed E-state index contributed by atoms with van der Waals surface area (Å²) in [6, 6.07) is 12.5. The van der Waals surface area contributed by atoms with Gasteiger partial charge < -0.3 is 24.8 Å². The van der Waals surface area contributed by atoms with Crippen LogP contribution < -0.4 is 20.1 Å². The minimum atomic E-state index is -0.821. The summed E-state index contributed by atoms with van der Waals surface area (Å²) < 4.78 is 16.1. The average molecular weight is 405 g/mol. The predicted molar refractivity (Wildman–Crippen MR) is 103 cm³/mol. The second-order valence-electron chi connectivity index (χ2n) is 6.50. The monoisotopic (exact) mass is 404 g/mol. The number of benzene rings is 2. The summed E-state index contributed by atoms with van der Waals surface area (Å²) in [4.78, 5) is 24.3. The normalized spacial score (nSPS) is 14.2. The lowest BCUT2D eigenvalue weighted by Gasteiger charge is -2.29. The highest BCUT2D eigenvalue weighted by Crippen LogP contribution is 2.32. The van der Waals surface area contributed by atoms with Gasteiger partial charge in [0.2, 0.25) is 6.79 Å². The molecule has 0 saturated carbocycles. The molecule has 0 radical (unpaired) electrons. The van der Waals surface area contributed by atoms with E-state index in [0.29, 0.717) is 16.5 Å². The number of fused-ring (bicyclic) bond motifs is 1. The van der Waals surface area contributed by atoms with Crippen LogP contribution in [0.2, 0.25) is 5.02 Å². The van der Waals surface area contributed by atoms with Crippen molar-refractivity contribution >= 4 is 23.4 Å². The summed E-state index contributed by atoms with van der Waals surface area (Å²) >= 11 is 6.03. The van der Waals surface area contributed by atoms with Crippen molar-refractivity contribution in [3.8, 4) is 11.5 Å². The van der Waals surface area contributed by atoms with Crippen LogP contribution in [0.1, 0.15) is 18.1 Å². The van der Waals surface area contributed by atoms with E-state index in [4.69, 9.17) is 25.8 Å². The van der Waals surface area contributed by atoms with Crippen molar-refractivity contribution in [2.45, 2.75) is 19.1 Å². The van der Waals surface area contributed by atoms with Gasteiger partial charge in [-0.1, -0.05) is 29.8 Å². The van der Waals surface area contributed by atoms with Crippen molar-refractivity contribution in [3.63, 3.8) is 0 Å². The Balaban J connectivity index is 1.54. The van der Waals surface area contributed by atoms with Gasteiger partial charge in [0.1, 0.15) is 5.60 Å². The standard InChI is InChI=1S/C20H21ClN2O5/c1-20(26-2,14-4-3-5-15(21)9-14)11-23-19(25)18(24)22-10-13-6-7-16-17(8-13)28-12-27-16/h3-9H,10-12H2,1-2H3,(H,22,24)(H,23,25). The van der Waals surface area contributed by atoms with Crippen LogP contribution in [0.25, 0.3) is 0 Å². The van der Waals surface area contributed by atoms with E-state index in [-0.39, 0.29) is 19.9 Å². The maximum Gasteiger partial charge on any atom is 0.309 e. The SMILES string of the molecule is COC(C)(CNC(=O)C(=O)NCc1ccc2c(c1)OCO2)c1cccc(Cl)c1. The van der Waals surface area contributed by atoms with Gasteiger partial charge in [-0.05, 0) is 42.3 Å². The molecule has 1 atom stereocenters. The van der Waals surface area contributed by atoms with E-state index in [1.807, 2.05) is 13.0 Å². The van der Waals surface area contributed by atoms with Gasteiger partial charge in [-0.15, -0.1) is 0 Å². The minimum Gasteiger partial charge on any atom is -0.454 e. The Bertz CT molecular complexity index is 889. The Morgan fingerprint density at radius 3 is 2.61 bits per heavy atom. The molecule has 2 N–H and O–H groups in total. The zero-order chi connectivity index (χ0) is 20.1. The molecule has 0 bridgehead atoms. The molecule has 0 aliphatic carbocycles. The molecule has 0 saturated heterocycles. The zero-order valence-electron chi connectivity index (χ0n) is 15.6. The van der Waals surface area contributed by atoms with Gasteiger partial charge in [0.15, 0.2) is 11.5 Å². The van der Waals surface area contributed by atoms with E-state index in [1.165, 1.54) is 7.11 Å².